The molecule has 2 amide bonds. The van der Waals surface area contributed by atoms with Gasteiger partial charge in [0.15, 0.2) is 5.82 Å². The van der Waals surface area contributed by atoms with Gasteiger partial charge in [0.1, 0.15) is 12.0 Å². The molecule has 0 radical (unpaired) electrons. The fourth-order valence-electron chi connectivity index (χ4n) is 4.83. The number of halogens is 1. The maximum atomic E-state index is 13.5. The maximum Gasteiger partial charge on any atom is 0.272 e. The summed E-state index contributed by atoms with van der Waals surface area (Å²) >= 11 is 6.57. The first-order valence-electron chi connectivity index (χ1n) is 14.0. The van der Waals surface area contributed by atoms with Crippen molar-refractivity contribution in [3.63, 3.8) is 0 Å². The number of benzene rings is 2. The fraction of sp³-hybridized carbons (Fsp3) is 0.281. The molecule has 0 spiro atoms. The van der Waals surface area contributed by atoms with Crippen LogP contribution in [0.2, 0.25) is 5.02 Å². The first-order chi connectivity index (χ1) is 20.2. The van der Waals surface area contributed by atoms with Gasteiger partial charge < -0.3 is 19.8 Å². The van der Waals surface area contributed by atoms with Crippen molar-refractivity contribution in [2.45, 2.75) is 45.6 Å². The van der Waals surface area contributed by atoms with Crippen LogP contribution in [0.25, 0.3) is 28.6 Å². The monoisotopic (exact) mass is 584 g/mol. The van der Waals surface area contributed by atoms with Crippen molar-refractivity contribution in [1.82, 2.24) is 24.6 Å². The van der Waals surface area contributed by atoms with Crippen LogP contribution in [-0.2, 0) is 16.6 Å². The van der Waals surface area contributed by atoms with Gasteiger partial charge in [-0.1, -0.05) is 24.1 Å². The van der Waals surface area contributed by atoms with Crippen molar-refractivity contribution in [2.24, 2.45) is 13.0 Å². The van der Waals surface area contributed by atoms with Crippen LogP contribution in [0.1, 0.15) is 51.1 Å². The molecular weight excluding hydrogens is 552 g/mol. The summed E-state index contributed by atoms with van der Waals surface area (Å²) in [6, 6.07) is 16.0. The second-order valence-corrected chi connectivity index (χ2v) is 11.3. The van der Waals surface area contributed by atoms with Crippen molar-refractivity contribution < 1.29 is 9.59 Å². The Bertz CT molecular complexity index is 1700. The van der Waals surface area contributed by atoms with Crippen LogP contribution in [0, 0.1) is 5.92 Å². The van der Waals surface area contributed by atoms with Crippen LogP contribution in [-0.4, -0.2) is 31.1 Å². The summed E-state index contributed by atoms with van der Waals surface area (Å²) in [5, 5.41) is 14.2. The van der Waals surface area contributed by atoms with E-state index in [4.69, 9.17) is 11.6 Å². The normalized spacial score (nSPS) is 13.6. The van der Waals surface area contributed by atoms with E-state index in [2.05, 4.69) is 20.8 Å². The van der Waals surface area contributed by atoms with E-state index in [1.807, 2.05) is 51.4 Å². The van der Waals surface area contributed by atoms with Gasteiger partial charge in [-0.2, -0.15) is 0 Å². The minimum Gasteiger partial charge on any atom is -0.321 e. The van der Waals surface area contributed by atoms with E-state index in [9.17, 15) is 14.4 Å². The van der Waals surface area contributed by atoms with Gasteiger partial charge in [-0.05, 0) is 97.8 Å². The van der Waals surface area contributed by atoms with Crippen LogP contribution < -0.4 is 16.2 Å². The summed E-state index contributed by atoms with van der Waals surface area (Å²) in [5.74, 6) is 0.356. The number of rotatable bonds is 9. The molecule has 0 saturated heterocycles. The smallest absolute Gasteiger partial charge is 0.272 e. The second-order valence-electron chi connectivity index (χ2n) is 10.9. The topological polar surface area (TPSA) is 111 Å². The molecule has 0 atom stereocenters. The molecule has 0 unspecified atom stereocenters. The van der Waals surface area contributed by atoms with Gasteiger partial charge in [-0.25, -0.2) is 0 Å². The van der Waals surface area contributed by atoms with Crippen LogP contribution in [0.4, 0.5) is 5.69 Å². The first kappa shape index (κ1) is 29.0. The molecule has 9 nitrogen and oxygen atoms in total. The number of hydrogen-bond acceptors (Lipinski definition) is 5. The Hall–Kier alpha value is -4.50. The summed E-state index contributed by atoms with van der Waals surface area (Å²) < 4.78 is 3.47. The highest BCUT2D eigenvalue weighted by Crippen LogP contribution is 2.30. The van der Waals surface area contributed by atoms with Crippen molar-refractivity contribution >= 4 is 35.2 Å². The van der Waals surface area contributed by atoms with E-state index in [0.717, 1.165) is 36.0 Å². The Morgan fingerprint density at radius 3 is 2.40 bits per heavy atom. The number of carbonyl (C=O) groups excluding carboxylic acids is 2. The number of nitrogens with one attached hydrogen (secondary N) is 2. The summed E-state index contributed by atoms with van der Waals surface area (Å²) in [7, 11) is 1.86. The highest BCUT2D eigenvalue weighted by Gasteiger charge is 2.23. The number of pyridine rings is 1. The predicted molar refractivity (Wildman–Crippen MR) is 165 cm³/mol. The number of aromatic nitrogens is 4. The number of amides is 2. The molecule has 1 fully saturated rings. The summed E-state index contributed by atoms with van der Waals surface area (Å²) in [5.41, 5.74) is 3.62. The summed E-state index contributed by atoms with van der Waals surface area (Å²) in [6.07, 6.45) is 8.54. The van der Waals surface area contributed by atoms with Crippen LogP contribution in [0.3, 0.4) is 0 Å². The Kier molecular flexibility index (Phi) is 8.68. The second kappa shape index (κ2) is 12.6. The molecular formula is C32H33ClN6O3. The highest BCUT2D eigenvalue weighted by atomic mass is 35.5. The molecule has 1 aliphatic carbocycles. The zero-order chi connectivity index (χ0) is 29.8. The van der Waals surface area contributed by atoms with Crippen LogP contribution >= 0.6 is 11.6 Å². The molecule has 10 heteroatoms. The number of nitrogens with zero attached hydrogens (tertiary/aromatic N) is 4. The summed E-state index contributed by atoms with van der Waals surface area (Å²) in [4.78, 5) is 38.7. The van der Waals surface area contributed by atoms with E-state index in [-0.39, 0.29) is 23.2 Å². The Labute approximate surface area is 249 Å². The SMILES string of the molecule is CC(C)n1cc(-c2ccc(Cl)c(/C=C(\NC(=O)CC3CCC3)C(=O)Nc3ccc(-c4nncn4C)cc3)c2)ccc1=O. The lowest BCUT2D eigenvalue weighted by atomic mass is 9.83. The molecule has 0 bridgehead atoms. The third-order valence-electron chi connectivity index (χ3n) is 7.45. The van der Waals surface area contributed by atoms with E-state index in [1.54, 1.807) is 45.8 Å². The average Bonchev–Trinajstić information content (AvgIpc) is 3.37. The molecule has 4 aromatic rings. The lowest BCUT2D eigenvalue weighted by Crippen LogP contribution is -2.32. The quantitative estimate of drug-likeness (QED) is 0.240. The molecule has 5 rings (SSSR count). The zero-order valence-corrected chi connectivity index (χ0v) is 24.6. The standard InChI is InChI=1S/C32H33ClN6O3/c1-20(2)39-18-24(10-14-30(39)41)23-9-13-27(33)25(16-23)17-28(36-29(40)15-21-5-4-6-21)32(42)35-26-11-7-22(8-12-26)31-37-34-19-38(31)3/h7-14,16-21H,4-6,15H2,1-3H3,(H,35,42)(H,36,40)/b28-17-. The molecule has 2 heterocycles. The van der Waals surface area contributed by atoms with Gasteiger partial charge in [0, 0.05) is 48.0 Å². The Morgan fingerprint density at radius 1 is 1.05 bits per heavy atom. The van der Waals surface area contributed by atoms with Crippen molar-refractivity contribution in [3.8, 4) is 22.5 Å². The van der Waals surface area contributed by atoms with Crippen molar-refractivity contribution in [1.29, 1.82) is 0 Å². The lowest BCUT2D eigenvalue weighted by molar-refractivity contribution is -0.123. The van der Waals surface area contributed by atoms with Gasteiger partial charge in [0.25, 0.3) is 11.5 Å². The Morgan fingerprint density at radius 2 is 1.76 bits per heavy atom. The predicted octanol–water partition coefficient (Wildman–Crippen LogP) is 5.83. The van der Waals surface area contributed by atoms with Crippen molar-refractivity contribution in [3.05, 3.63) is 93.8 Å². The number of aryl methyl sites for hydroxylation is 1. The van der Waals surface area contributed by atoms with E-state index < -0.39 is 5.91 Å². The van der Waals surface area contributed by atoms with Gasteiger partial charge in [0.05, 0.1) is 0 Å². The fourth-order valence-corrected chi connectivity index (χ4v) is 5.00. The Balaban J connectivity index is 1.44. The molecule has 2 N–H and O–H groups in total. The molecule has 42 heavy (non-hydrogen) atoms. The lowest BCUT2D eigenvalue weighted by Gasteiger charge is -2.24. The molecule has 1 aliphatic rings. The van der Waals surface area contributed by atoms with E-state index in [0.29, 0.717) is 34.4 Å². The first-order valence-corrected chi connectivity index (χ1v) is 14.3. The third kappa shape index (κ3) is 6.69. The number of anilines is 1. The van der Waals surface area contributed by atoms with E-state index in [1.165, 1.54) is 6.07 Å². The molecule has 0 aliphatic heterocycles. The van der Waals surface area contributed by atoms with Crippen molar-refractivity contribution in [2.75, 3.05) is 5.32 Å². The maximum absolute atomic E-state index is 13.5. The van der Waals surface area contributed by atoms with Gasteiger partial charge in [-0.15, -0.1) is 10.2 Å². The third-order valence-corrected chi connectivity index (χ3v) is 7.80. The van der Waals surface area contributed by atoms with Crippen LogP contribution in [0.5, 0.6) is 0 Å². The van der Waals surface area contributed by atoms with Gasteiger partial charge >= 0.3 is 0 Å². The minimum atomic E-state index is -0.474. The minimum absolute atomic E-state index is 0.000226. The average molecular weight is 585 g/mol. The van der Waals surface area contributed by atoms with E-state index >= 15 is 0 Å². The largest absolute Gasteiger partial charge is 0.321 e. The van der Waals surface area contributed by atoms with Gasteiger partial charge in [0.2, 0.25) is 5.91 Å². The molecule has 1 saturated carbocycles. The summed E-state index contributed by atoms with van der Waals surface area (Å²) in [6.45, 7) is 3.89. The molecule has 2 aromatic carbocycles. The number of hydrogen-bond donors (Lipinski definition) is 2. The number of carbonyl (C=O) groups is 2. The molecule has 2 aromatic heterocycles. The highest BCUT2D eigenvalue weighted by molar-refractivity contribution is 6.32. The van der Waals surface area contributed by atoms with Crippen LogP contribution in [0.15, 0.2) is 77.6 Å². The molecule has 216 valence electrons. The zero-order valence-electron chi connectivity index (χ0n) is 23.8. The van der Waals surface area contributed by atoms with Gasteiger partial charge in [-0.3, -0.25) is 14.4 Å².